The summed E-state index contributed by atoms with van der Waals surface area (Å²) in [6.07, 6.45) is -2.72. The summed E-state index contributed by atoms with van der Waals surface area (Å²) in [6, 6.07) is 22.5. The number of carbonyl (C=O) groups is 1. The molecule has 0 heterocycles. The summed E-state index contributed by atoms with van der Waals surface area (Å²) >= 11 is 0. The highest BCUT2D eigenvalue weighted by molar-refractivity contribution is 6.14. The molecule has 0 bridgehead atoms. The second kappa shape index (κ2) is 8.41. The minimum atomic E-state index is -4.40. The summed E-state index contributed by atoms with van der Waals surface area (Å²) in [6.45, 7) is 0. The SMILES string of the molecule is O=C(C(C#Cc1ccc(C(F)(F)F)cc1)=Cc1ccccc1)c1ccccc1. The number of hydrogen-bond acceptors (Lipinski definition) is 1. The first-order chi connectivity index (χ1) is 13.4. The van der Waals surface area contributed by atoms with E-state index in [1.165, 1.54) is 12.1 Å². The maximum absolute atomic E-state index is 12.8. The lowest BCUT2D eigenvalue weighted by Gasteiger charge is -2.05. The molecule has 0 spiro atoms. The molecular formula is C24H15F3O. The lowest BCUT2D eigenvalue weighted by molar-refractivity contribution is -0.137. The van der Waals surface area contributed by atoms with Crippen molar-refractivity contribution in [3.05, 3.63) is 113 Å². The van der Waals surface area contributed by atoms with Gasteiger partial charge in [-0.3, -0.25) is 4.79 Å². The highest BCUT2D eigenvalue weighted by Gasteiger charge is 2.29. The normalized spacial score (nSPS) is 11.5. The van der Waals surface area contributed by atoms with Gasteiger partial charge in [-0.15, -0.1) is 0 Å². The molecule has 138 valence electrons. The number of hydrogen-bond donors (Lipinski definition) is 0. The summed E-state index contributed by atoms with van der Waals surface area (Å²) in [4.78, 5) is 12.8. The number of carbonyl (C=O) groups excluding carboxylic acids is 1. The summed E-state index contributed by atoms with van der Waals surface area (Å²) in [5.74, 6) is 5.36. The molecule has 0 unspecified atom stereocenters. The van der Waals surface area contributed by atoms with Gasteiger partial charge in [-0.1, -0.05) is 72.5 Å². The van der Waals surface area contributed by atoms with Gasteiger partial charge in [-0.05, 0) is 35.9 Å². The fourth-order valence-electron chi connectivity index (χ4n) is 2.50. The maximum Gasteiger partial charge on any atom is 0.416 e. The third-order valence-corrected chi connectivity index (χ3v) is 3.94. The van der Waals surface area contributed by atoms with Gasteiger partial charge in [0.25, 0.3) is 0 Å². The predicted octanol–water partition coefficient (Wildman–Crippen LogP) is 6.02. The van der Waals surface area contributed by atoms with Crippen LogP contribution in [-0.2, 0) is 6.18 Å². The minimum absolute atomic E-state index is 0.246. The third kappa shape index (κ3) is 4.99. The minimum Gasteiger partial charge on any atom is -0.288 e. The third-order valence-electron chi connectivity index (χ3n) is 3.94. The molecule has 0 fully saturated rings. The molecular weight excluding hydrogens is 361 g/mol. The van der Waals surface area contributed by atoms with Crippen LogP contribution in [0.3, 0.4) is 0 Å². The Balaban J connectivity index is 1.96. The first-order valence-electron chi connectivity index (χ1n) is 8.49. The first kappa shape index (κ1) is 19.2. The summed E-state index contributed by atoms with van der Waals surface area (Å²) in [7, 11) is 0. The molecule has 0 N–H and O–H groups in total. The molecule has 0 aromatic heterocycles. The van der Waals surface area contributed by atoms with Gasteiger partial charge in [0.05, 0.1) is 11.1 Å². The van der Waals surface area contributed by atoms with Crippen LogP contribution in [0.4, 0.5) is 13.2 Å². The van der Waals surface area contributed by atoms with E-state index in [-0.39, 0.29) is 11.4 Å². The zero-order chi connectivity index (χ0) is 20.0. The number of ketones is 1. The molecule has 3 aromatic rings. The molecule has 0 saturated heterocycles. The highest BCUT2D eigenvalue weighted by Crippen LogP contribution is 2.29. The van der Waals surface area contributed by atoms with Gasteiger partial charge in [0, 0.05) is 11.1 Å². The molecule has 0 saturated carbocycles. The number of Topliss-reactive ketones (excluding diaryl/α,β-unsaturated/α-hetero) is 1. The van der Waals surface area contributed by atoms with Crippen molar-refractivity contribution in [1.82, 2.24) is 0 Å². The Morgan fingerprint density at radius 3 is 1.93 bits per heavy atom. The van der Waals surface area contributed by atoms with Crippen LogP contribution in [0.25, 0.3) is 6.08 Å². The molecule has 0 atom stereocenters. The van der Waals surface area contributed by atoms with Crippen LogP contribution in [0, 0.1) is 11.8 Å². The average Bonchev–Trinajstić information content (AvgIpc) is 2.71. The van der Waals surface area contributed by atoms with E-state index in [4.69, 9.17) is 0 Å². The summed E-state index contributed by atoms with van der Waals surface area (Å²) in [5.41, 5.74) is 1.22. The number of allylic oxidation sites excluding steroid dienone is 1. The van der Waals surface area contributed by atoms with E-state index in [9.17, 15) is 18.0 Å². The van der Waals surface area contributed by atoms with Crippen LogP contribution >= 0.6 is 0 Å². The predicted molar refractivity (Wildman–Crippen MR) is 104 cm³/mol. The van der Waals surface area contributed by atoms with Crippen LogP contribution in [0.2, 0.25) is 0 Å². The van der Waals surface area contributed by atoms with Gasteiger partial charge in [-0.2, -0.15) is 13.2 Å². The van der Waals surface area contributed by atoms with E-state index >= 15 is 0 Å². The van der Waals surface area contributed by atoms with Crippen molar-refractivity contribution in [2.75, 3.05) is 0 Å². The van der Waals surface area contributed by atoms with Gasteiger partial charge in [0.2, 0.25) is 5.78 Å². The van der Waals surface area contributed by atoms with E-state index < -0.39 is 11.7 Å². The van der Waals surface area contributed by atoms with Crippen molar-refractivity contribution in [2.24, 2.45) is 0 Å². The second-order valence-corrected chi connectivity index (χ2v) is 5.99. The number of benzene rings is 3. The smallest absolute Gasteiger partial charge is 0.288 e. The van der Waals surface area contributed by atoms with E-state index in [1.807, 2.05) is 36.4 Å². The Morgan fingerprint density at radius 2 is 1.36 bits per heavy atom. The zero-order valence-electron chi connectivity index (χ0n) is 14.7. The van der Waals surface area contributed by atoms with Crippen LogP contribution in [0.15, 0.2) is 90.5 Å². The molecule has 0 amide bonds. The lowest BCUT2D eigenvalue weighted by Crippen LogP contribution is -2.04. The molecule has 3 rings (SSSR count). The van der Waals surface area contributed by atoms with Gasteiger partial charge >= 0.3 is 6.18 Å². The van der Waals surface area contributed by atoms with Gasteiger partial charge in [0.1, 0.15) is 0 Å². The van der Waals surface area contributed by atoms with Gasteiger partial charge in [0.15, 0.2) is 0 Å². The molecule has 0 aliphatic rings. The van der Waals surface area contributed by atoms with Gasteiger partial charge in [-0.25, -0.2) is 0 Å². The molecule has 4 heteroatoms. The van der Waals surface area contributed by atoms with Gasteiger partial charge < -0.3 is 0 Å². The Morgan fingerprint density at radius 1 is 0.786 bits per heavy atom. The molecule has 0 aliphatic carbocycles. The average molecular weight is 376 g/mol. The summed E-state index contributed by atoms with van der Waals surface area (Å²) in [5, 5.41) is 0. The van der Waals surface area contributed by atoms with Crippen molar-refractivity contribution < 1.29 is 18.0 Å². The number of halogens is 3. The van der Waals surface area contributed by atoms with E-state index in [0.717, 1.165) is 17.7 Å². The quantitative estimate of drug-likeness (QED) is 0.310. The zero-order valence-corrected chi connectivity index (χ0v) is 14.7. The van der Waals surface area contributed by atoms with Crippen molar-refractivity contribution in [1.29, 1.82) is 0 Å². The highest BCUT2D eigenvalue weighted by atomic mass is 19.4. The fraction of sp³-hybridized carbons (Fsp3) is 0.0417. The Hall–Kier alpha value is -3.58. The Kier molecular flexibility index (Phi) is 5.76. The van der Waals surface area contributed by atoms with Crippen LogP contribution in [0.5, 0.6) is 0 Å². The molecule has 0 aliphatic heterocycles. The number of alkyl halides is 3. The van der Waals surface area contributed by atoms with Crippen molar-refractivity contribution in [3.63, 3.8) is 0 Å². The van der Waals surface area contributed by atoms with Crippen LogP contribution < -0.4 is 0 Å². The van der Waals surface area contributed by atoms with E-state index in [2.05, 4.69) is 11.8 Å². The Bertz CT molecular complexity index is 1040. The molecule has 28 heavy (non-hydrogen) atoms. The topological polar surface area (TPSA) is 17.1 Å². The monoisotopic (exact) mass is 376 g/mol. The molecule has 1 nitrogen and oxygen atoms in total. The second-order valence-electron chi connectivity index (χ2n) is 5.99. The van der Waals surface area contributed by atoms with Crippen molar-refractivity contribution in [2.45, 2.75) is 6.18 Å². The molecule has 3 aromatic carbocycles. The number of rotatable bonds is 3. The summed E-state index contributed by atoms with van der Waals surface area (Å²) < 4.78 is 38.0. The van der Waals surface area contributed by atoms with Crippen molar-refractivity contribution in [3.8, 4) is 11.8 Å². The fourth-order valence-corrected chi connectivity index (χ4v) is 2.50. The maximum atomic E-state index is 12.8. The van der Waals surface area contributed by atoms with E-state index in [1.54, 1.807) is 30.3 Å². The first-order valence-corrected chi connectivity index (χ1v) is 8.49. The largest absolute Gasteiger partial charge is 0.416 e. The van der Waals surface area contributed by atoms with Crippen molar-refractivity contribution >= 4 is 11.9 Å². The Labute approximate surface area is 161 Å². The van der Waals surface area contributed by atoms with Crippen LogP contribution in [-0.4, -0.2) is 5.78 Å². The van der Waals surface area contributed by atoms with E-state index in [0.29, 0.717) is 11.1 Å². The van der Waals surface area contributed by atoms with Crippen LogP contribution in [0.1, 0.15) is 27.0 Å². The lowest BCUT2D eigenvalue weighted by atomic mass is 10.0. The molecule has 0 radical (unpaired) electrons. The standard InChI is InChI=1S/C24H15F3O/c25-24(26,27)22-15-12-18(13-16-22)11-14-21(17-19-7-3-1-4-8-19)23(28)20-9-5-2-6-10-20/h1-10,12-13,15-17H.